The summed E-state index contributed by atoms with van der Waals surface area (Å²) in [6, 6.07) is 19.3. The summed E-state index contributed by atoms with van der Waals surface area (Å²) in [5, 5.41) is 3.26. The van der Waals surface area contributed by atoms with Gasteiger partial charge in [-0.25, -0.2) is 8.42 Å². The van der Waals surface area contributed by atoms with Crippen LogP contribution < -0.4 is 0 Å². The molecule has 1 unspecified atom stereocenters. The van der Waals surface area contributed by atoms with Gasteiger partial charge < -0.3 is 9.42 Å². The lowest BCUT2D eigenvalue weighted by molar-refractivity contribution is 0.0783. The molecule has 1 aromatic heterocycles. The fourth-order valence-corrected chi connectivity index (χ4v) is 4.96. The van der Waals surface area contributed by atoms with Crippen LogP contribution in [0.3, 0.4) is 0 Å². The molecule has 3 aromatic rings. The fraction of sp³-hybridized carbons (Fsp3) is 0.200. The minimum absolute atomic E-state index is 0.156. The van der Waals surface area contributed by atoms with Gasteiger partial charge in [0.15, 0.2) is 21.3 Å². The van der Waals surface area contributed by atoms with Crippen molar-refractivity contribution in [2.24, 2.45) is 0 Å². The van der Waals surface area contributed by atoms with Crippen LogP contribution in [0.4, 0.5) is 0 Å². The van der Waals surface area contributed by atoms with Crippen LogP contribution in [0.25, 0.3) is 11.3 Å². The van der Waals surface area contributed by atoms with Gasteiger partial charge in [-0.3, -0.25) is 4.79 Å². The summed E-state index contributed by atoms with van der Waals surface area (Å²) >= 11 is 0. The molecule has 27 heavy (non-hydrogen) atoms. The molecule has 2 aromatic carbocycles. The molecule has 1 amide bonds. The van der Waals surface area contributed by atoms with Crippen LogP contribution in [-0.4, -0.2) is 42.7 Å². The Morgan fingerprint density at radius 1 is 1.04 bits per heavy atom. The molecule has 0 aliphatic carbocycles. The van der Waals surface area contributed by atoms with Gasteiger partial charge in [-0.15, -0.1) is 0 Å². The van der Waals surface area contributed by atoms with Gasteiger partial charge in [-0.2, -0.15) is 0 Å². The molecule has 0 N–H and O–H groups in total. The van der Waals surface area contributed by atoms with Crippen LogP contribution in [0.15, 0.2) is 76.1 Å². The molecule has 1 aliphatic rings. The molecule has 1 fully saturated rings. The van der Waals surface area contributed by atoms with Gasteiger partial charge in [0.25, 0.3) is 5.91 Å². The number of rotatable bonds is 4. The topological polar surface area (TPSA) is 80.5 Å². The number of hydrogen-bond acceptors (Lipinski definition) is 5. The van der Waals surface area contributed by atoms with E-state index in [1.54, 1.807) is 36.4 Å². The molecule has 1 saturated heterocycles. The number of benzene rings is 2. The maximum absolute atomic E-state index is 12.8. The van der Waals surface area contributed by atoms with Crippen LogP contribution >= 0.6 is 0 Å². The first-order chi connectivity index (χ1) is 13.1. The molecule has 4 rings (SSSR count). The highest BCUT2D eigenvalue weighted by molar-refractivity contribution is 7.92. The Morgan fingerprint density at radius 2 is 1.70 bits per heavy atom. The number of nitrogens with zero attached hydrogens (tertiary/aromatic N) is 2. The summed E-state index contributed by atoms with van der Waals surface area (Å²) in [5.74, 6) is 0.193. The van der Waals surface area contributed by atoms with Gasteiger partial charge in [0, 0.05) is 24.7 Å². The molecule has 0 saturated carbocycles. The smallest absolute Gasteiger partial charge is 0.276 e. The lowest BCUT2D eigenvalue weighted by Gasteiger charge is -2.15. The summed E-state index contributed by atoms with van der Waals surface area (Å²) in [7, 11) is -3.46. The Bertz CT molecular complexity index is 1050. The van der Waals surface area contributed by atoms with Gasteiger partial charge in [0.05, 0.1) is 10.1 Å². The number of amides is 1. The number of carbonyl (C=O) groups is 1. The predicted octanol–water partition coefficient (Wildman–Crippen LogP) is 3.03. The van der Waals surface area contributed by atoms with Crippen LogP contribution in [0, 0.1) is 0 Å². The summed E-state index contributed by atoms with van der Waals surface area (Å²) < 4.78 is 30.8. The number of likely N-dealkylation sites (tertiary alicyclic amines) is 1. The molecule has 2 heterocycles. The standard InChI is InChI=1S/C20H18N2O4S/c23-20(18-13-19(26-21-18)15-7-3-1-4-8-15)22-12-11-17(14-22)27(24,25)16-9-5-2-6-10-16/h1-10,13,17H,11-12,14H2. The highest BCUT2D eigenvalue weighted by atomic mass is 32.2. The van der Waals surface area contributed by atoms with Crippen molar-refractivity contribution < 1.29 is 17.7 Å². The molecule has 1 aliphatic heterocycles. The summed E-state index contributed by atoms with van der Waals surface area (Å²) in [6.45, 7) is 0.534. The lowest BCUT2D eigenvalue weighted by Crippen LogP contribution is -2.32. The van der Waals surface area contributed by atoms with Gasteiger partial charge in [0.1, 0.15) is 0 Å². The molecule has 7 heteroatoms. The van der Waals surface area contributed by atoms with E-state index >= 15 is 0 Å². The van der Waals surface area contributed by atoms with Crippen molar-refractivity contribution >= 4 is 15.7 Å². The van der Waals surface area contributed by atoms with Crippen molar-refractivity contribution in [2.45, 2.75) is 16.6 Å². The Morgan fingerprint density at radius 3 is 2.41 bits per heavy atom. The Balaban J connectivity index is 1.50. The Hall–Kier alpha value is -2.93. The quantitative estimate of drug-likeness (QED) is 0.693. The van der Waals surface area contributed by atoms with E-state index in [0.29, 0.717) is 18.7 Å². The average molecular weight is 382 g/mol. The van der Waals surface area contributed by atoms with Crippen molar-refractivity contribution in [1.82, 2.24) is 10.1 Å². The number of hydrogen-bond donors (Lipinski definition) is 0. The van der Waals surface area contributed by atoms with E-state index in [9.17, 15) is 13.2 Å². The van der Waals surface area contributed by atoms with Crippen LogP contribution in [0.5, 0.6) is 0 Å². The van der Waals surface area contributed by atoms with Crippen molar-refractivity contribution in [3.63, 3.8) is 0 Å². The van der Waals surface area contributed by atoms with E-state index in [4.69, 9.17) is 4.52 Å². The lowest BCUT2D eigenvalue weighted by atomic mass is 10.1. The molecule has 0 bridgehead atoms. The summed E-state index contributed by atoms with van der Waals surface area (Å²) in [5.41, 5.74) is 1.02. The highest BCUT2D eigenvalue weighted by Crippen LogP contribution is 2.26. The van der Waals surface area contributed by atoms with Gasteiger partial charge >= 0.3 is 0 Å². The van der Waals surface area contributed by atoms with Crippen LogP contribution in [0.1, 0.15) is 16.9 Å². The van der Waals surface area contributed by atoms with Crippen LogP contribution in [-0.2, 0) is 9.84 Å². The van der Waals surface area contributed by atoms with E-state index < -0.39 is 15.1 Å². The van der Waals surface area contributed by atoms with E-state index in [-0.39, 0.29) is 23.0 Å². The SMILES string of the molecule is O=C(c1cc(-c2ccccc2)on1)N1CCC(S(=O)(=O)c2ccccc2)C1. The molecule has 0 spiro atoms. The number of aromatic nitrogens is 1. The zero-order chi connectivity index (χ0) is 18.9. The third kappa shape index (κ3) is 3.38. The average Bonchev–Trinajstić information content (AvgIpc) is 3.39. The largest absolute Gasteiger partial charge is 0.355 e. The minimum Gasteiger partial charge on any atom is -0.355 e. The molecule has 138 valence electrons. The van der Waals surface area contributed by atoms with Crippen LogP contribution in [0.2, 0.25) is 0 Å². The Kier molecular flexibility index (Phi) is 4.53. The fourth-order valence-electron chi connectivity index (χ4n) is 3.25. The minimum atomic E-state index is -3.46. The summed E-state index contributed by atoms with van der Waals surface area (Å²) in [6.07, 6.45) is 0.409. The zero-order valence-electron chi connectivity index (χ0n) is 14.5. The van der Waals surface area contributed by atoms with Crippen molar-refractivity contribution in [2.75, 3.05) is 13.1 Å². The maximum atomic E-state index is 12.8. The first-order valence-electron chi connectivity index (χ1n) is 8.66. The molecule has 1 atom stereocenters. The first kappa shape index (κ1) is 17.5. The van der Waals surface area contributed by atoms with Gasteiger partial charge in [-0.05, 0) is 18.6 Å². The monoisotopic (exact) mass is 382 g/mol. The molecular weight excluding hydrogens is 364 g/mol. The second kappa shape index (κ2) is 7.00. The second-order valence-electron chi connectivity index (χ2n) is 6.46. The maximum Gasteiger partial charge on any atom is 0.276 e. The Labute approximate surface area is 157 Å². The normalized spacial score (nSPS) is 17.2. The summed E-state index contributed by atoms with van der Waals surface area (Å²) in [4.78, 5) is 14.5. The molecule has 6 nitrogen and oxygen atoms in total. The van der Waals surface area contributed by atoms with E-state index in [1.807, 2.05) is 30.3 Å². The first-order valence-corrected chi connectivity index (χ1v) is 10.2. The van der Waals surface area contributed by atoms with Crippen molar-refractivity contribution in [3.05, 3.63) is 72.4 Å². The predicted molar refractivity (Wildman–Crippen MR) is 99.9 cm³/mol. The highest BCUT2D eigenvalue weighted by Gasteiger charge is 2.37. The third-order valence-electron chi connectivity index (χ3n) is 4.73. The molecular formula is C20H18N2O4S. The van der Waals surface area contributed by atoms with Crippen molar-refractivity contribution in [3.8, 4) is 11.3 Å². The van der Waals surface area contributed by atoms with Gasteiger partial charge in [0.2, 0.25) is 0 Å². The molecule has 0 radical (unpaired) electrons. The van der Waals surface area contributed by atoms with E-state index in [2.05, 4.69) is 5.16 Å². The van der Waals surface area contributed by atoms with Gasteiger partial charge in [-0.1, -0.05) is 53.7 Å². The van der Waals surface area contributed by atoms with Crippen molar-refractivity contribution in [1.29, 1.82) is 0 Å². The van der Waals surface area contributed by atoms with E-state index in [1.165, 1.54) is 4.90 Å². The van der Waals surface area contributed by atoms with E-state index in [0.717, 1.165) is 5.56 Å². The number of carbonyl (C=O) groups excluding carboxylic acids is 1. The third-order valence-corrected chi connectivity index (χ3v) is 6.92. The number of sulfone groups is 1. The second-order valence-corrected chi connectivity index (χ2v) is 8.69. The zero-order valence-corrected chi connectivity index (χ0v) is 15.3.